The molecular weight excluding hydrogens is 394 g/mol. The zero-order chi connectivity index (χ0) is 20.4. The molecule has 0 fully saturated rings. The summed E-state index contributed by atoms with van der Waals surface area (Å²) in [5, 5.41) is 11.3. The van der Waals surface area contributed by atoms with Gasteiger partial charge in [-0.2, -0.15) is 4.68 Å². The molecule has 0 aliphatic carbocycles. The fraction of sp³-hybridized carbons (Fsp3) is 0.100. The summed E-state index contributed by atoms with van der Waals surface area (Å²) in [5.74, 6) is 0.731. The van der Waals surface area contributed by atoms with Gasteiger partial charge in [-0.3, -0.25) is 4.79 Å². The highest BCUT2D eigenvalue weighted by Crippen LogP contribution is 2.30. The number of pyridine rings is 1. The number of amides is 1. The molecule has 2 aromatic heterocycles. The number of carbonyl (C=O) groups excluding carboxylic acids is 1. The summed E-state index contributed by atoms with van der Waals surface area (Å²) < 4.78 is 12.0. The molecule has 0 saturated heterocycles. The number of hydrogen-bond donors (Lipinski definition) is 1. The fourth-order valence-corrected chi connectivity index (χ4v) is 3.13. The van der Waals surface area contributed by atoms with E-state index in [1.165, 1.54) is 7.11 Å². The molecule has 0 unspecified atom stereocenters. The van der Waals surface area contributed by atoms with E-state index in [1.807, 2.05) is 6.07 Å². The van der Waals surface area contributed by atoms with Crippen molar-refractivity contribution in [3.05, 3.63) is 65.3 Å². The highest BCUT2D eigenvalue weighted by molar-refractivity contribution is 6.34. The Morgan fingerprint density at radius 1 is 1.07 bits per heavy atom. The topological polar surface area (TPSA) is 91.2 Å². The van der Waals surface area contributed by atoms with E-state index in [0.717, 1.165) is 0 Å². The number of anilines is 1. The summed E-state index contributed by atoms with van der Waals surface area (Å²) in [6.07, 6.45) is 1.66. The van der Waals surface area contributed by atoms with Gasteiger partial charge >= 0.3 is 0 Å². The quantitative estimate of drug-likeness (QED) is 0.540. The molecule has 2 aromatic carbocycles. The van der Waals surface area contributed by atoms with Crippen LogP contribution in [0.25, 0.3) is 16.9 Å². The smallest absolute Gasteiger partial charge is 0.257 e. The van der Waals surface area contributed by atoms with Gasteiger partial charge in [0.1, 0.15) is 5.52 Å². The Morgan fingerprint density at radius 2 is 1.90 bits per heavy atom. The number of halogens is 1. The maximum absolute atomic E-state index is 12.7. The van der Waals surface area contributed by atoms with Crippen molar-refractivity contribution in [3.8, 4) is 17.2 Å². The van der Waals surface area contributed by atoms with Crippen LogP contribution in [-0.4, -0.2) is 40.1 Å². The number of nitrogens with zero attached hydrogens (tertiary/aromatic N) is 4. The lowest BCUT2D eigenvalue weighted by Gasteiger charge is -2.11. The first-order chi connectivity index (χ1) is 14.1. The van der Waals surface area contributed by atoms with E-state index in [4.69, 9.17) is 21.1 Å². The number of methoxy groups -OCH3 is 2. The van der Waals surface area contributed by atoms with E-state index >= 15 is 0 Å². The second-order valence-corrected chi connectivity index (χ2v) is 6.44. The minimum absolute atomic E-state index is 0.278. The molecule has 8 nitrogen and oxygen atoms in total. The minimum Gasteiger partial charge on any atom is -0.493 e. The van der Waals surface area contributed by atoms with Crippen molar-refractivity contribution in [2.75, 3.05) is 19.5 Å². The molecule has 9 heteroatoms. The molecule has 4 aromatic rings. The van der Waals surface area contributed by atoms with Crippen LogP contribution in [0.4, 0.5) is 5.69 Å². The van der Waals surface area contributed by atoms with Crippen molar-refractivity contribution in [2.45, 2.75) is 0 Å². The molecule has 0 aliphatic heterocycles. The van der Waals surface area contributed by atoms with Crippen molar-refractivity contribution >= 4 is 34.4 Å². The van der Waals surface area contributed by atoms with Gasteiger partial charge in [0.15, 0.2) is 17.1 Å². The molecular formula is C20H16ClN5O3. The Bertz CT molecular complexity index is 1210. The molecule has 0 saturated carbocycles. The third-order valence-electron chi connectivity index (χ3n) is 4.29. The highest BCUT2D eigenvalue weighted by atomic mass is 35.5. The first kappa shape index (κ1) is 18.7. The molecule has 0 radical (unpaired) electrons. The van der Waals surface area contributed by atoms with Crippen LogP contribution >= 0.6 is 11.6 Å². The number of aromatic nitrogens is 4. The largest absolute Gasteiger partial charge is 0.493 e. The van der Waals surface area contributed by atoms with Crippen LogP contribution in [0.3, 0.4) is 0 Å². The number of rotatable bonds is 5. The van der Waals surface area contributed by atoms with Gasteiger partial charge in [0.2, 0.25) is 0 Å². The average Bonchev–Trinajstić information content (AvgIpc) is 3.17. The summed E-state index contributed by atoms with van der Waals surface area (Å²) in [4.78, 5) is 17.0. The van der Waals surface area contributed by atoms with Crippen molar-refractivity contribution in [1.82, 2.24) is 20.0 Å². The average molecular weight is 410 g/mol. The molecule has 0 aliphatic rings. The zero-order valence-corrected chi connectivity index (χ0v) is 16.3. The summed E-state index contributed by atoms with van der Waals surface area (Å²) in [7, 11) is 3.08. The summed E-state index contributed by atoms with van der Waals surface area (Å²) in [6.45, 7) is 0. The Labute approximate surface area is 171 Å². The number of benzene rings is 2. The maximum atomic E-state index is 12.7. The SMILES string of the molecule is COc1ccc(NC(=O)c2ccc(-n3nnc4cccnc43)cc2Cl)cc1OC. The Hall–Kier alpha value is -3.65. The number of carbonyl (C=O) groups is 1. The van der Waals surface area contributed by atoms with Crippen LogP contribution in [0.15, 0.2) is 54.7 Å². The highest BCUT2D eigenvalue weighted by Gasteiger charge is 2.15. The maximum Gasteiger partial charge on any atom is 0.257 e. The van der Waals surface area contributed by atoms with Crippen LogP contribution < -0.4 is 14.8 Å². The van der Waals surface area contributed by atoms with Gasteiger partial charge in [-0.1, -0.05) is 16.8 Å². The molecule has 1 amide bonds. The van der Waals surface area contributed by atoms with E-state index in [1.54, 1.807) is 60.5 Å². The van der Waals surface area contributed by atoms with Crippen LogP contribution in [0.1, 0.15) is 10.4 Å². The van der Waals surface area contributed by atoms with Gasteiger partial charge in [0.05, 0.1) is 30.5 Å². The molecule has 29 heavy (non-hydrogen) atoms. The molecule has 0 atom stereocenters. The predicted octanol–water partition coefficient (Wildman–Crippen LogP) is 3.74. The third kappa shape index (κ3) is 3.57. The van der Waals surface area contributed by atoms with Gasteiger partial charge in [-0.25, -0.2) is 4.98 Å². The van der Waals surface area contributed by atoms with Crippen LogP contribution in [0.2, 0.25) is 5.02 Å². The predicted molar refractivity (Wildman–Crippen MR) is 109 cm³/mol. The molecule has 1 N–H and O–H groups in total. The van der Waals surface area contributed by atoms with E-state index < -0.39 is 0 Å². The number of nitrogens with one attached hydrogen (secondary N) is 1. The molecule has 146 valence electrons. The number of ether oxygens (including phenoxy) is 2. The summed E-state index contributed by atoms with van der Waals surface area (Å²) >= 11 is 6.38. The van der Waals surface area contributed by atoms with E-state index in [9.17, 15) is 4.79 Å². The lowest BCUT2D eigenvalue weighted by atomic mass is 10.1. The normalized spacial score (nSPS) is 10.7. The molecule has 2 heterocycles. The lowest BCUT2D eigenvalue weighted by Crippen LogP contribution is -2.13. The van der Waals surface area contributed by atoms with Gasteiger partial charge in [0.25, 0.3) is 5.91 Å². The standard InChI is InChI=1S/C20H16ClN5O3/c1-28-17-8-5-12(10-18(17)29-2)23-20(27)14-7-6-13(11-15(14)21)26-19-16(24-25-26)4-3-9-22-19/h3-11H,1-2H3,(H,23,27). The van der Waals surface area contributed by atoms with Crippen molar-refractivity contribution in [1.29, 1.82) is 0 Å². The summed E-state index contributed by atoms with van der Waals surface area (Å²) in [5.41, 5.74) is 2.80. The summed E-state index contributed by atoms with van der Waals surface area (Å²) in [6, 6.07) is 13.7. The zero-order valence-electron chi connectivity index (χ0n) is 15.6. The molecule has 4 rings (SSSR count). The monoisotopic (exact) mass is 409 g/mol. The van der Waals surface area contributed by atoms with Crippen molar-refractivity contribution in [2.24, 2.45) is 0 Å². The first-order valence-electron chi connectivity index (χ1n) is 8.60. The van der Waals surface area contributed by atoms with Gasteiger partial charge < -0.3 is 14.8 Å². The van der Waals surface area contributed by atoms with Gasteiger partial charge in [-0.05, 0) is 42.5 Å². The number of fused-ring (bicyclic) bond motifs is 1. The van der Waals surface area contributed by atoms with Crippen LogP contribution in [0.5, 0.6) is 11.5 Å². The van der Waals surface area contributed by atoms with Crippen LogP contribution in [-0.2, 0) is 0 Å². The Kier molecular flexibility index (Phi) is 5.01. The third-order valence-corrected chi connectivity index (χ3v) is 4.60. The molecule has 0 spiro atoms. The van der Waals surface area contributed by atoms with E-state index in [-0.39, 0.29) is 10.9 Å². The lowest BCUT2D eigenvalue weighted by molar-refractivity contribution is 0.102. The second-order valence-electron chi connectivity index (χ2n) is 6.04. The Balaban J connectivity index is 1.60. The van der Waals surface area contributed by atoms with Crippen molar-refractivity contribution < 1.29 is 14.3 Å². The second kappa shape index (κ2) is 7.76. The minimum atomic E-state index is -0.352. The van der Waals surface area contributed by atoms with Gasteiger partial charge in [0, 0.05) is 18.0 Å². The Morgan fingerprint density at radius 3 is 2.66 bits per heavy atom. The van der Waals surface area contributed by atoms with Crippen molar-refractivity contribution in [3.63, 3.8) is 0 Å². The number of hydrogen-bond acceptors (Lipinski definition) is 6. The van der Waals surface area contributed by atoms with E-state index in [0.29, 0.717) is 39.6 Å². The first-order valence-corrected chi connectivity index (χ1v) is 8.98. The fourth-order valence-electron chi connectivity index (χ4n) is 2.87. The van der Waals surface area contributed by atoms with Gasteiger partial charge in [-0.15, -0.1) is 5.10 Å². The van der Waals surface area contributed by atoms with E-state index in [2.05, 4.69) is 20.6 Å². The molecule has 0 bridgehead atoms. The van der Waals surface area contributed by atoms with Crippen LogP contribution in [0, 0.1) is 0 Å².